The lowest BCUT2D eigenvalue weighted by Crippen LogP contribution is -2.37. The van der Waals surface area contributed by atoms with Crippen LogP contribution in [-0.4, -0.2) is 23.9 Å². The summed E-state index contributed by atoms with van der Waals surface area (Å²) in [5.41, 5.74) is 2.17. The molecule has 3 aromatic rings. The maximum absolute atomic E-state index is 12.6. The van der Waals surface area contributed by atoms with Gasteiger partial charge >= 0.3 is 0 Å². The Balaban J connectivity index is 1.73. The number of nitrogens with one attached hydrogen (secondary N) is 1. The van der Waals surface area contributed by atoms with Gasteiger partial charge in [-0.2, -0.15) is 0 Å². The fourth-order valence-electron chi connectivity index (χ4n) is 3.95. The lowest BCUT2D eigenvalue weighted by Gasteiger charge is -2.37. The Morgan fingerprint density at radius 3 is 2.66 bits per heavy atom. The van der Waals surface area contributed by atoms with Crippen molar-refractivity contribution in [2.24, 2.45) is 5.92 Å². The number of carbonyl (C=O) groups excluding carboxylic acids is 1. The molecule has 1 aromatic carbocycles. The number of amides is 1. The van der Waals surface area contributed by atoms with Gasteiger partial charge in [0, 0.05) is 15.5 Å². The standard InChI is InChI=1S/C23H25ClN2O2S/c1-15-9-11-26(12-10-15)21(17-6-3-4-7-19(17)24)18-14-16(2)29-23(18)25-22(27)20-8-5-13-28-20/h3-8,13-15,21H,9-12H2,1-2H3,(H,25,27). The van der Waals surface area contributed by atoms with Crippen molar-refractivity contribution in [3.63, 3.8) is 0 Å². The largest absolute Gasteiger partial charge is 0.459 e. The molecular weight excluding hydrogens is 404 g/mol. The predicted molar refractivity (Wildman–Crippen MR) is 119 cm³/mol. The SMILES string of the molecule is Cc1cc(C(c2ccccc2Cl)N2CCC(C)CC2)c(NC(=O)c2ccco2)s1. The van der Waals surface area contributed by atoms with Crippen molar-refractivity contribution < 1.29 is 9.21 Å². The molecule has 0 bridgehead atoms. The number of thiophene rings is 1. The van der Waals surface area contributed by atoms with Crippen LogP contribution in [0.1, 0.15) is 52.4 Å². The minimum absolute atomic E-state index is 0.00745. The quantitative estimate of drug-likeness (QED) is 0.513. The van der Waals surface area contributed by atoms with E-state index < -0.39 is 0 Å². The van der Waals surface area contributed by atoms with E-state index in [0.717, 1.165) is 57.9 Å². The van der Waals surface area contributed by atoms with Crippen LogP contribution in [0.15, 0.2) is 53.1 Å². The van der Waals surface area contributed by atoms with Gasteiger partial charge in [-0.25, -0.2) is 0 Å². The Kier molecular flexibility index (Phi) is 6.09. The van der Waals surface area contributed by atoms with Crippen LogP contribution in [0.25, 0.3) is 0 Å². The molecule has 1 aliphatic rings. The smallest absolute Gasteiger partial charge is 0.291 e. The van der Waals surface area contributed by atoms with E-state index in [1.807, 2.05) is 18.2 Å². The van der Waals surface area contributed by atoms with E-state index in [9.17, 15) is 4.79 Å². The van der Waals surface area contributed by atoms with Gasteiger partial charge in [-0.1, -0.05) is 36.7 Å². The van der Waals surface area contributed by atoms with E-state index in [1.165, 1.54) is 6.26 Å². The number of hydrogen-bond donors (Lipinski definition) is 1. The van der Waals surface area contributed by atoms with Crippen LogP contribution in [0, 0.1) is 12.8 Å². The summed E-state index contributed by atoms with van der Waals surface area (Å²) in [6, 6.07) is 13.6. The van der Waals surface area contributed by atoms with Gasteiger partial charge in [0.1, 0.15) is 5.00 Å². The molecular formula is C23H25ClN2O2S. The fourth-order valence-corrected chi connectivity index (χ4v) is 5.13. The first-order chi connectivity index (χ1) is 14.0. The molecule has 152 valence electrons. The molecule has 4 rings (SSSR count). The first-order valence-electron chi connectivity index (χ1n) is 9.96. The Morgan fingerprint density at radius 1 is 1.21 bits per heavy atom. The van der Waals surface area contributed by atoms with Gasteiger partial charge < -0.3 is 9.73 Å². The zero-order valence-electron chi connectivity index (χ0n) is 16.7. The third kappa shape index (κ3) is 4.42. The van der Waals surface area contributed by atoms with Crippen LogP contribution in [0.5, 0.6) is 0 Å². The van der Waals surface area contributed by atoms with Gasteiger partial charge in [-0.05, 0) is 68.6 Å². The van der Waals surface area contributed by atoms with Crippen LogP contribution in [0.3, 0.4) is 0 Å². The van der Waals surface area contributed by atoms with E-state index in [4.69, 9.17) is 16.0 Å². The number of furan rings is 1. The molecule has 6 heteroatoms. The third-order valence-electron chi connectivity index (χ3n) is 5.53. The molecule has 1 fully saturated rings. The molecule has 29 heavy (non-hydrogen) atoms. The van der Waals surface area contributed by atoms with Crippen molar-refractivity contribution in [3.8, 4) is 0 Å². The van der Waals surface area contributed by atoms with Gasteiger partial charge in [-0.3, -0.25) is 9.69 Å². The zero-order valence-corrected chi connectivity index (χ0v) is 18.2. The predicted octanol–water partition coefficient (Wildman–Crippen LogP) is 6.38. The summed E-state index contributed by atoms with van der Waals surface area (Å²) in [6.07, 6.45) is 3.84. The molecule has 1 saturated heterocycles. The number of aryl methyl sites for hydroxylation is 1. The average Bonchev–Trinajstić information content (AvgIpc) is 3.35. The molecule has 0 spiro atoms. The lowest BCUT2D eigenvalue weighted by atomic mass is 9.92. The summed E-state index contributed by atoms with van der Waals surface area (Å²) in [6.45, 7) is 6.40. The van der Waals surface area contributed by atoms with E-state index in [1.54, 1.807) is 23.5 Å². The molecule has 0 saturated carbocycles. The second-order valence-electron chi connectivity index (χ2n) is 7.72. The number of carbonyl (C=O) groups is 1. The van der Waals surface area contributed by atoms with E-state index >= 15 is 0 Å². The second-order valence-corrected chi connectivity index (χ2v) is 9.38. The van der Waals surface area contributed by atoms with Gasteiger partial charge in [-0.15, -0.1) is 11.3 Å². The summed E-state index contributed by atoms with van der Waals surface area (Å²) in [5, 5.41) is 4.67. The van der Waals surface area contributed by atoms with Crippen molar-refractivity contribution in [1.29, 1.82) is 0 Å². The average molecular weight is 429 g/mol. The Morgan fingerprint density at radius 2 is 1.97 bits per heavy atom. The third-order valence-corrected chi connectivity index (χ3v) is 6.86. The monoisotopic (exact) mass is 428 g/mol. The van der Waals surface area contributed by atoms with Crippen LogP contribution < -0.4 is 5.32 Å². The normalized spacial score (nSPS) is 16.7. The van der Waals surface area contributed by atoms with Crippen molar-refractivity contribution in [2.45, 2.75) is 32.7 Å². The second kappa shape index (κ2) is 8.74. The molecule has 1 N–H and O–H groups in total. The van der Waals surface area contributed by atoms with E-state index in [2.05, 4.69) is 36.2 Å². The van der Waals surface area contributed by atoms with Crippen LogP contribution in [0.2, 0.25) is 5.02 Å². The molecule has 1 unspecified atom stereocenters. The van der Waals surface area contributed by atoms with Gasteiger partial charge in [0.25, 0.3) is 5.91 Å². The van der Waals surface area contributed by atoms with Crippen molar-refractivity contribution in [3.05, 3.63) is 75.5 Å². The highest BCUT2D eigenvalue weighted by Crippen LogP contribution is 2.42. The van der Waals surface area contributed by atoms with E-state index in [-0.39, 0.29) is 11.9 Å². The number of hydrogen-bond acceptors (Lipinski definition) is 4. The van der Waals surface area contributed by atoms with Crippen LogP contribution in [0.4, 0.5) is 5.00 Å². The maximum Gasteiger partial charge on any atom is 0.291 e. The number of likely N-dealkylation sites (tertiary alicyclic amines) is 1. The molecule has 1 aliphatic heterocycles. The fraction of sp³-hybridized carbons (Fsp3) is 0.348. The number of piperidine rings is 1. The summed E-state index contributed by atoms with van der Waals surface area (Å²) in [7, 11) is 0. The number of benzene rings is 1. The lowest BCUT2D eigenvalue weighted by molar-refractivity contribution is 0.0996. The topological polar surface area (TPSA) is 45.5 Å². The summed E-state index contributed by atoms with van der Waals surface area (Å²) < 4.78 is 5.27. The Hall–Kier alpha value is -2.08. The highest BCUT2D eigenvalue weighted by molar-refractivity contribution is 7.16. The summed E-state index contributed by atoms with van der Waals surface area (Å²) >= 11 is 8.23. The minimum atomic E-state index is -0.233. The molecule has 0 aliphatic carbocycles. The van der Waals surface area contributed by atoms with Crippen LogP contribution in [-0.2, 0) is 0 Å². The molecule has 1 amide bonds. The molecule has 3 heterocycles. The Bertz CT molecular complexity index is 975. The van der Waals surface area contributed by atoms with Crippen LogP contribution >= 0.6 is 22.9 Å². The summed E-state index contributed by atoms with van der Waals surface area (Å²) in [5.74, 6) is 0.812. The minimum Gasteiger partial charge on any atom is -0.459 e. The molecule has 0 radical (unpaired) electrons. The summed E-state index contributed by atoms with van der Waals surface area (Å²) in [4.78, 5) is 16.3. The first kappa shape index (κ1) is 20.2. The van der Waals surface area contributed by atoms with Gasteiger partial charge in [0.15, 0.2) is 5.76 Å². The number of halogens is 1. The number of anilines is 1. The van der Waals surface area contributed by atoms with Gasteiger partial charge in [0.05, 0.1) is 12.3 Å². The number of rotatable bonds is 5. The van der Waals surface area contributed by atoms with Crippen molar-refractivity contribution in [1.82, 2.24) is 4.90 Å². The highest BCUT2D eigenvalue weighted by Gasteiger charge is 2.30. The molecule has 4 nitrogen and oxygen atoms in total. The van der Waals surface area contributed by atoms with E-state index in [0.29, 0.717) is 5.76 Å². The Labute approximate surface area is 180 Å². The first-order valence-corrected chi connectivity index (χ1v) is 11.2. The van der Waals surface area contributed by atoms with Crippen molar-refractivity contribution >= 4 is 33.8 Å². The maximum atomic E-state index is 12.6. The molecule has 1 atom stereocenters. The van der Waals surface area contributed by atoms with Gasteiger partial charge in [0.2, 0.25) is 0 Å². The highest BCUT2D eigenvalue weighted by atomic mass is 35.5. The zero-order chi connectivity index (χ0) is 20.4. The molecule has 2 aromatic heterocycles. The van der Waals surface area contributed by atoms with Crippen molar-refractivity contribution in [2.75, 3.05) is 18.4 Å². The number of nitrogens with zero attached hydrogens (tertiary/aromatic N) is 1.